The summed E-state index contributed by atoms with van der Waals surface area (Å²) < 4.78 is 22.2. The van der Waals surface area contributed by atoms with Gasteiger partial charge in [0, 0.05) is 12.8 Å². The fourth-order valence-corrected chi connectivity index (χ4v) is 6.84. The number of allylic oxidation sites excluding steroid dienone is 6. The Labute approximate surface area is 346 Å². The number of esters is 2. The van der Waals surface area contributed by atoms with Gasteiger partial charge in [-0.2, -0.15) is 0 Å². The van der Waals surface area contributed by atoms with Gasteiger partial charge in [-0.25, -0.2) is 0 Å². The first-order valence-corrected chi connectivity index (χ1v) is 23.1. The lowest BCUT2D eigenvalue weighted by molar-refractivity contribution is -0.305. The number of hydrogen-bond donors (Lipinski definition) is 4. The Morgan fingerprint density at radius 1 is 0.544 bits per heavy atom. The van der Waals surface area contributed by atoms with E-state index < -0.39 is 55.4 Å². The molecule has 0 aromatic heterocycles. The highest BCUT2D eigenvalue weighted by Gasteiger charge is 2.44. The summed E-state index contributed by atoms with van der Waals surface area (Å²) in [5.41, 5.74) is 0. The number of carbonyl (C=O) groups excluding carboxylic acids is 2. The molecule has 0 aromatic rings. The van der Waals surface area contributed by atoms with E-state index in [4.69, 9.17) is 18.9 Å². The molecule has 1 heterocycles. The molecule has 0 radical (unpaired) electrons. The van der Waals surface area contributed by atoms with Gasteiger partial charge in [0.1, 0.15) is 31.0 Å². The second-order valence-corrected chi connectivity index (χ2v) is 15.9. The predicted octanol–water partition coefficient (Wildman–Crippen LogP) is 9.89. The van der Waals surface area contributed by atoms with Crippen molar-refractivity contribution in [2.45, 2.75) is 230 Å². The van der Waals surface area contributed by atoms with E-state index >= 15 is 0 Å². The third-order valence-electron chi connectivity index (χ3n) is 10.5. The molecule has 6 atom stereocenters. The van der Waals surface area contributed by atoms with Crippen LogP contribution in [0.3, 0.4) is 0 Å². The summed E-state index contributed by atoms with van der Waals surface area (Å²) in [6.45, 7) is 3.38. The molecule has 0 aromatic carbocycles. The minimum Gasteiger partial charge on any atom is -0.462 e. The molecule has 4 N–H and O–H groups in total. The Hall–Kier alpha value is -2.08. The largest absolute Gasteiger partial charge is 0.462 e. The highest BCUT2D eigenvalue weighted by molar-refractivity contribution is 5.70. The fraction of sp³-hybridized carbons (Fsp3) is 0.830. The second kappa shape index (κ2) is 38.1. The molecule has 1 rings (SSSR count). The SMILES string of the molecule is CCCCC/C=C/C/C=C/C/C=C/CCCCCCC(=O)OC[C@@H](CO[C@H]1O[C@@H](CO)[C@@H](O)C(O)C1O)OC(=O)CCCCCCCCCCCCCCCCC. The van der Waals surface area contributed by atoms with E-state index in [2.05, 4.69) is 50.3 Å². The zero-order valence-electron chi connectivity index (χ0n) is 36.1. The number of hydrogen-bond acceptors (Lipinski definition) is 10. The van der Waals surface area contributed by atoms with Crippen molar-refractivity contribution in [1.29, 1.82) is 0 Å². The minimum atomic E-state index is -1.60. The molecule has 0 bridgehead atoms. The summed E-state index contributed by atoms with van der Waals surface area (Å²) in [6.07, 6.45) is 35.7. The van der Waals surface area contributed by atoms with Crippen LogP contribution >= 0.6 is 0 Å². The van der Waals surface area contributed by atoms with Gasteiger partial charge in [0.25, 0.3) is 0 Å². The van der Waals surface area contributed by atoms with Crippen LogP contribution in [0.1, 0.15) is 194 Å². The van der Waals surface area contributed by atoms with E-state index in [0.717, 1.165) is 57.8 Å². The van der Waals surface area contributed by atoms with Crippen LogP contribution in [-0.4, -0.2) is 89.0 Å². The Balaban J connectivity index is 2.33. The van der Waals surface area contributed by atoms with Crippen LogP contribution < -0.4 is 0 Å². The van der Waals surface area contributed by atoms with E-state index in [-0.39, 0.29) is 26.1 Å². The molecule has 1 aliphatic heterocycles. The third kappa shape index (κ3) is 29.7. The van der Waals surface area contributed by atoms with Gasteiger partial charge in [0.05, 0.1) is 13.2 Å². The number of carbonyl (C=O) groups is 2. The minimum absolute atomic E-state index is 0.227. The molecule has 0 saturated carbocycles. The van der Waals surface area contributed by atoms with Crippen molar-refractivity contribution in [3.05, 3.63) is 36.5 Å². The van der Waals surface area contributed by atoms with Gasteiger partial charge >= 0.3 is 11.9 Å². The van der Waals surface area contributed by atoms with Crippen LogP contribution in [0.5, 0.6) is 0 Å². The van der Waals surface area contributed by atoms with E-state index in [1.165, 1.54) is 96.3 Å². The normalized spacial score (nSPS) is 20.6. The van der Waals surface area contributed by atoms with Gasteiger partial charge in [-0.05, 0) is 51.4 Å². The Kier molecular flexibility index (Phi) is 35.4. The molecule has 1 fully saturated rings. The monoisotopic (exact) mass is 809 g/mol. The highest BCUT2D eigenvalue weighted by Crippen LogP contribution is 2.23. The summed E-state index contributed by atoms with van der Waals surface area (Å²) in [5.74, 6) is -0.827. The van der Waals surface area contributed by atoms with Crippen molar-refractivity contribution >= 4 is 11.9 Å². The summed E-state index contributed by atoms with van der Waals surface area (Å²) in [4.78, 5) is 25.3. The number of aliphatic hydroxyl groups is 4. The molecule has 0 amide bonds. The quantitative estimate of drug-likeness (QED) is 0.0270. The van der Waals surface area contributed by atoms with Gasteiger partial charge < -0.3 is 39.4 Å². The summed E-state index contributed by atoms with van der Waals surface area (Å²) in [7, 11) is 0. The fourth-order valence-electron chi connectivity index (χ4n) is 6.84. The second-order valence-electron chi connectivity index (χ2n) is 15.9. The molecule has 0 aliphatic carbocycles. The molecule has 10 nitrogen and oxygen atoms in total. The molecule has 1 saturated heterocycles. The molecule has 57 heavy (non-hydrogen) atoms. The molecule has 10 heteroatoms. The summed E-state index contributed by atoms with van der Waals surface area (Å²) in [5, 5.41) is 40.1. The van der Waals surface area contributed by atoms with E-state index in [9.17, 15) is 30.0 Å². The lowest BCUT2D eigenvalue weighted by Crippen LogP contribution is -2.59. The zero-order chi connectivity index (χ0) is 41.6. The predicted molar refractivity (Wildman–Crippen MR) is 229 cm³/mol. The Morgan fingerprint density at radius 2 is 0.982 bits per heavy atom. The Morgan fingerprint density at radius 3 is 1.51 bits per heavy atom. The standard InChI is InChI=1S/C47H84O10/c1-3-5-7-9-11-13-15-17-19-20-22-23-25-27-29-31-33-35-42(49)54-38-40(39-55-47-46(53)45(52)44(51)41(37-48)57-47)56-43(50)36-34-32-30-28-26-24-21-18-16-14-12-10-8-6-4-2/h11,13,17,19,22-23,40-41,44-48,51-53H,3-10,12,14-16,18,20-21,24-39H2,1-2H3/b13-11+,19-17+,23-22+/t40-,41-,44+,45?,46?,47-/m0/s1. The van der Waals surface area contributed by atoms with Crippen molar-refractivity contribution in [1.82, 2.24) is 0 Å². The van der Waals surface area contributed by atoms with Crippen molar-refractivity contribution in [2.75, 3.05) is 19.8 Å². The number of aliphatic hydroxyl groups excluding tert-OH is 4. The highest BCUT2D eigenvalue weighted by atomic mass is 16.7. The lowest BCUT2D eigenvalue weighted by atomic mass is 9.99. The average Bonchev–Trinajstić information content (AvgIpc) is 3.21. The molecule has 2 unspecified atom stereocenters. The smallest absolute Gasteiger partial charge is 0.306 e. The van der Waals surface area contributed by atoms with Crippen molar-refractivity contribution in [2.24, 2.45) is 0 Å². The number of rotatable bonds is 38. The first-order valence-electron chi connectivity index (χ1n) is 23.1. The first kappa shape index (κ1) is 52.9. The number of unbranched alkanes of at least 4 members (excludes halogenated alkanes) is 21. The molecule has 332 valence electrons. The van der Waals surface area contributed by atoms with Crippen molar-refractivity contribution < 1.29 is 49.0 Å². The summed E-state index contributed by atoms with van der Waals surface area (Å²) >= 11 is 0. The van der Waals surface area contributed by atoms with Gasteiger partial charge in [-0.15, -0.1) is 0 Å². The average molecular weight is 809 g/mol. The third-order valence-corrected chi connectivity index (χ3v) is 10.5. The maximum Gasteiger partial charge on any atom is 0.306 e. The van der Waals surface area contributed by atoms with Crippen molar-refractivity contribution in [3.63, 3.8) is 0 Å². The van der Waals surface area contributed by atoms with Crippen LogP contribution in [0.4, 0.5) is 0 Å². The number of ether oxygens (including phenoxy) is 4. The van der Waals surface area contributed by atoms with Crippen LogP contribution in [0.15, 0.2) is 36.5 Å². The van der Waals surface area contributed by atoms with Crippen LogP contribution in [0, 0.1) is 0 Å². The lowest BCUT2D eigenvalue weighted by Gasteiger charge is -2.39. The maximum absolute atomic E-state index is 12.8. The molecule has 1 aliphatic rings. The van der Waals surface area contributed by atoms with Crippen LogP contribution in [-0.2, 0) is 28.5 Å². The topological polar surface area (TPSA) is 152 Å². The zero-order valence-corrected chi connectivity index (χ0v) is 36.1. The molecular weight excluding hydrogens is 725 g/mol. The Bertz CT molecular complexity index is 1030. The van der Waals surface area contributed by atoms with E-state index in [1.54, 1.807) is 0 Å². The van der Waals surface area contributed by atoms with E-state index in [0.29, 0.717) is 12.8 Å². The van der Waals surface area contributed by atoms with E-state index in [1.807, 2.05) is 0 Å². The van der Waals surface area contributed by atoms with Crippen LogP contribution in [0.25, 0.3) is 0 Å². The maximum atomic E-state index is 12.8. The van der Waals surface area contributed by atoms with Gasteiger partial charge in [0.2, 0.25) is 0 Å². The molecule has 0 spiro atoms. The summed E-state index contributed by atoms with van der Waals surface area (Å²) in [6, 6.07) is 0. The van der Waals surface area contributed by atoms with Crippen LogP contribution in [0.2, 0.25) is 0 Å². The van der Waals surface area contributed by atoms with Gasteiger partial charge in [-0.3, -0.25) is 9.59 Å². The molecular formula is C47H84O10. The van der Waals surface area contributed by atoms with Crippen molar-refractivity contribution in [3.8, 4) is 0 Å². The van der Waals surface area contributed by atoms with Gasteiger partial charge in [-0.1, -0.05) is 166 Å². The van der Waals surface area contributed by atoms with Gasteiger partial charge in [0.15, 0.2) is 12.4 Å². The first-order chi connectivity index (χ1) is 27.8.